The van der Waals surface area contributed by atoms with E-state index in [-0.39, 0.29) is 12.5 Å². The van der Waals surface area contributed by atoms with Crippen LogP contribution in [0.1, 0.15) is 26.2 Å². The highest BCUT2D eigenvalue weighted by Crippen LogP contribution is 1.93. The van der Waals surface area contributed by atoms with Crippen molar-refractivity contribution in [2.45, 2.75) is 26.2 Å². The lowest BCUT2D eigenvalue weighted by atomic mass is 10.3. The lowest BCUT2D eigenvalue weighted by molar-refractivity contribution is -0.125. The van der Waals surface area contributed by atoms with Crippen LogP contribution in [0.5, 0.6) is 0 Å². The zero-order valence-electron chi connectivity index (χ0n) is 7.35. The molecule has 0 saturated heterocycles. The van der Waals surface area contributed by atoms with E-state index in [1.807, 2.05) is 0 Å². The lowest BCUT2D eigenvalue weighted by Crippen LogP contribution is -2.23. The van der Waals surface area contributed by atoms with Gasteiger partial charge in [-0.1, -0.05) is 19.8 Å². The van der Waals surface area contributed by atoms with Gasteiger partial charge in [0.1, 0.15) is 6.61 Å². The third kappa shape index (κ3) is 7.33. The smallest absolute Gasteiger partial charge is 0.245 e. The fourth-order valence-electron chi connectivity index (χ4n) is 0.691. The van der Waals surface area contributed by atoms with Gasteiger partial charge >= 0.3 is 0 Å². The summed E-state index contributed by atoms with van der Waals surface area (Å²) < 4.78 is 5.08. The Morgan fingerprint density at radius 1 is 1.45 bits per heavy atom. The van der Waals surface area contributed by atoms with Gasteiger partial charge in [-0.2, -0.15) is 0 Å². The normalized spacial score (nSPS) is 9.64. The maximum Gasteiger partial charge on any atom is 0.245 e. The second-order valence-electron chi connectivity index (χ2n) is 2.43. The number of rotatable bonds is 6. The second kappa shape index (κ2) is 7.54. The van der Waals surface area contributed by atoms with Crippen LogP contribution in [-0.2, 0) is 9.53 Å². The number of carbonyl (C=O) groups is 1. The Balaban J connectivity index is 2.95. The molecule has 0 radical (unpaired) electrons. The van der Waals surface area contributed by atoms with E-state index in [0.717, 1.165) is 6.42 Å². The average molecular weight is 159 g/mol. The summed E-state index contributed by atoms with van der Waals surface area (Å²) in [5, 5.41) is 2.49. The van der Waals surface area contributed by atoms with E-state index in [9.17, 15) is 4.79 Å². The van der Waals surface area contributed by atoms with Gasteiger partial charge in [0.2, 0.25) is 5.91 Å². The monoisotopic (exact) mass is 159 g/mol. The van der Waals surface area contributed by atoms with Gasteiger partial charge in [-0.25, -0.2) is 0 Å². The Labute approximate surface area is 68.1 Å². The van der Waals surface area contributed by atoms with Crippen LogP contribution < -0.4 is 5.32 Å². The summed E-state index contributed by atoms with van der Waals surface area (Å²) in [7, 11) is 1.61. The third-order valence-electron chi connectivity index (χ3n) is 1.40. The van der Waals surface area contributed by atoms with Crippen LogP contribution in [0.4, 0.5) is 0 Å². The number of hydrogen-bond acceptors (Lipinski definition) is 2. The predicted molar refractivity (Wildman–Crippen MR) is 44.4 cm³/mol. The van der Waals surface area contributed by atoms with Crippen LogP contribution in [-0.4, -0.2) is 26.2 Å². The maximum atomic E-state index is 10.6. The minimum Gasteiger partial charge on any atom is -0.372 e. The molecule has 1 amide bonds. The van der Waals surface area contributed by atoms with E-state index in [4.69, 9.17) is 4.74 Å². The molecule has 0 unspecified atom stereocenters. The Morgan fingerprint density at radius 2 is 2.18 bits per heavy atom. The van der Waals surface area contributed by atoms with Gasteiger partial charge < -0.3 is 10.1 Å². The summed E-state index contributed by atoms with van der Waals surface area (Å²) in [5.74, 6) is -0.0542. The molecule has 0 aliphatic carbocycles. The number of amides is 1. The first kappa shape index (κ1) is 10.4. The second-order valence-corrected chi connectivity index (χ2v) is 2.43. The van der Waals surface area contributed by atoms with Crippen molar-refractivity contribution >= 4 is 5.91 Å². The quantitative estimate of drug-likeness (QED) is 0.586. The highest BCUT2D eigenvalue weighted by atomic mass is 16.5. The van der Waals surface area contributed by atoms with Crippen molar-refractivity contribution in [3.63, 3.8) is 0 Å². The van der Waals surface area contributed by atoms with Gasteiger partial charge in [0.05, 0.1) is 0 Å². The molecule has 1 N–H and O–H groups in total. The maximum absolute atomic E-state index is 10.6. The van der Waals surface area contributed by atoms with Gasteiger partial charge in [0, 0.05) is 13.7 Å². The first-order chi connectivity index (χ1) is 5.31. The molecule has 0 aromatic rings. The molecular weight excluding hydrogens is 142 g/mol. The zero-order chi connectivity index (χ0) is 8.53. The molecule has 0 saturated carbocycles. The molecular formula is C8H17NO2. The Hall–Kier alpha value is -0.570. The number of unbranched alkanes of at least 4 members (excludes halogenated alkanes) is 2. The van der Waals surface area contributed by atoms with Crippen LogP contribution in [0, 0.1) is 0 Å². The van der Waals surface area contributed by atoms with Gasteiger partial charge in [-0.3, -0.25) is 4.79 Å². The Morgan fingerprint density at radius 3 is 2.73 bits per heavy atom. The number of hydrogen-bond donors (Lipinski definition) is 1. The molecule has 3 nitrogen and oxygen atoms in total. The molecule has 0 aromatic carbocycles. The lowest BCUT2D eigenvalue weighted by Gasteiger charge is -2.01. The average Bonchev–Trinajstić information content (AvgIpc) is 2.04. The first-order valence-corrected chi connectivity index (χ1v) is 4.09. The highest BCUT2D eigenvalue weighted by Gasteiger charge is 1.95. The van der Waals surface area contributed by atoms with E-state index in [1.165, 1.54) is 12.8 Å². The molecule has 11 heavy (non-hydrogen) atoms. The third-order valence-corrected chi connectivity index (χ3v) is 1.40. The summed E-state index contributed by atoms with van der Waals surface area (Å²) in [6.45, 7) is 3.03. The van der Waals surface area contributed by atoms with Gasteiger partial charge in [-0.15, -0.1) is 0 Å². The molecule has 66 valence electrons. The van der Waals surface area contributed by atoms with Crippen molar-refractivity contribution in [2.75, 3.05) is 20.3 Å². The van der Waals surface area contributed by atoms with E-state index in [2.05, 4.69) is 12.2 Å². The van der Waals surface area contributed by atoms with Gasteiger partial charge in [0.15, 0.2) is 0 Å². The van der Waals surface area contributed by atoms with Gasteiger partial charge in [0.25, 0.3) is 0 Å². The van der Waals surface area contributed by atoms with E-state index in [0.29, 0.717) is 6.61 Å². The van der Waals surface area contributed by atoms with E-state index >= 15 is 0 Å². The molecule has 0 atom stereocenters. The molecule has 0 aliphatic heterocycles. The fraction of sp³-hybridized carbons (Fsp3) is 0.875. The standard InChI is InChI=1S/C8H17NO2/c1-3-4-5-6-11-7-8(10)9-2/h3-7H2,1-2H3,(H,9,10). The number of likely N-dealkylation sites (N-methyl/N-ethyl adjacent to an activating group) is 1. The summed E-state index contributed by atoms with van der Waals surface area (Å²) in [4.78, 5) is 10.6. The molecule has 3 heteroatoms. The molecule has 0 fully saturated rings. The van der Waals surface area contributed by atoms with Crippen LogP contribution in [0.25, 0.3) is 0 Å². The van der Waals surface area contributed by atoms with Crippen molar-refractivity contribution < 1.29 is 9.53 Å². The van der Waals surface area contributed by atoms with Crippen LogP contribution in [0.2, 0.25) is 0 Å². The Kier molecular flexibility index (Phi) is 7.15. The number of carbonyl (C=O) groups excluding carboxylic acids is 1. The fourth-order valence-corrected chi connectivity index (χ4v) is 0.691. The predicted octanol–water partition coefficient (Wildman–Crippen LogP) is 0.939. The summed E-state index contributed by atoms with van der Waals surface area (Å²) >= 11 is 0. The van der Waals surface area contributed by atoms with Crippen molar-refractivity contribution in [1.82, 2.24) is 5.32 Å². The molecule has 0 heterocycles. The highest BCUT2D eigenvalue weighted by molar-refractivity contribution is 5.76. The summed E-state index contributed by atoms with van der Waals surface area (Å²) in [6.07, 6.45) is 3.41. The molecule has 0 aromatic heterocycles. The van der Waals surface area contributed by atoms with Crippen molar-refractivity contribution in [1.29, 1.82) is 0 Å². The summed E-state index contributed by atoms with van der Waals surface area (Å²) in [5.41, 5.74) is 0. The first-order valence-electron chi connectivity index (χ1n) is 4.09. The van der Waals surface area contributed by atoms with Crippen molar-refractivity contribution in [2.24, 2.45) is 0 Å². The molecule has 0 bridgehead atoms. The van der Waals surface area contributed by atoms with Gasteiger partial charge in [-0.05, 0) is 6.42 Å². The molecule has 0 rings (SSSR count). The van der Waals surface area contributed by atoms with Crippen molar-refractivity contribution in [3.8, 4) is 0 Å². The topological polar surface area (TPSA) is 38.3 Å². The van der Waals surface area contributed by atoms with Crippen molar-refractivity contribution in [3.05, 3.63) is 0 Å². The van der Waals surface area contributed by atoms with E-state index < -0.39 is 0 Å². The number of nitrogens with one attached hydrogen (secondary N) is 1. The van der Waals surface area contributed by atoms with Crippen LogP contribution >= 0.6 is 0 Å². The molecule has 0 aliphatic rings. The minimum absolute atomic E-state index is 0.0542. The molecule has 0 spiro atoms. The summed E-state index contributed by atoms with van der Waals surface area (Å²) in [6, 6.07) is 0. The minimum atomic E-state index is -0.0542. The zero-order valence-corrected chi connectivity index (χ0v) is 7.35. The van der Waals surface area contributed by atoms with E-state index in [1.54, 1.807) is 7.05 Å². The van der Waals surface area contributed by atoms with Crippen LogP contribution in [0.3, 0.4) is 0 Å². The van der Waals surface area contributed by atoms with Crippen LogP contribution in [0.15, 0.2) is 0 Å². The largest absolute Gasteiger partial charge is 0.372 e. The SMILES string of the molecule is CCCCCOCC(=O)NC. The number of ether oxygens (including phenoxy) is 1. The Bertz CT molecular complexity index is 104.